The smallest absolute Gasteiger partial charge is 0.408 e. The molecule has 0 bridgehead atoms. The van der Waals surface area contributed by atoms with Gasteiger partial charge in [-0.1, -0.05) is 152 Å². The van der Waals surface area contributed by atoms with E-state index in [1.165, 1.54) is 7.11 Å². The van der Waals surface area contributed by atoms with Crippen molar-refractivity contribution in [3.63, 3.8) is 0 Å². The molecule has 0 fully saturated rings. The highest BCUT2D eigenvalue weighted by atomic mass is 16.6. The maximum Gasteiger partial charge on any atom is 0.408 e. The molecular weight excluding hydrogens is 953 g/mol. The van der Waals surface area contributed by atoms with Crippen LogP contribution in [0.2, 0.25) is 0 Å². The molecule has 0 aliphatic rings. The number of esters is 1. The molecule has 0 radical (unpaired) electrons. The van der Waals surface area contributed by atoms with Gasteiger partial charge >= 0.3 is 18.2 Å². The standard InChI is InChI=1S/C59H72N6O10/c1-57(2,3)74-55(71)60-38-24-23-35-47(54(70)73-7)62-51(67)46(36-37-50(66)65-59(43-29-17-10-18-30-43,44-31-19-11-20-32-44)45-33-21-12-22-34-45)61-52(68)48(39-41-25-13-8-14-26-41)63-53(69)49(40-42-27-15-9-16-28-42)64-56(72)75-58(4,5)6/h8-22,25-34,46-49H,23-24,35-40H2,1-7H3,(H,60,71)(H,61,68)(H,62,67)(H,63,69)(H,64,72)(H,65,66)/t46-,47-,48-,49-/m1/s1. The molecule has 0 heterocycles. The highest BCUT2D eigenvalue weighted by Crippen LogP contribution is 2.37. The van der Waals surface area contributed by atoms with Crippen molar-refractivity contribution in [3.05, 3.63) is 179 Å². The number of methoxy groups -OCH3 is 1. The number of nitrogens with one attached hydrogen (secondary N) is 6. The average Bonchev–Trinajstić information content (AvgIpc) is 3.38. The summed E-state index contributed by atoms with van der Waals surface area (Å²) in [7, 11) is 1.19. The second-order valence-corrected chi connectivity index (χ2v) is 20.1. The van der Waals surface area contributed by atoms with Gasteiger partial charge in [-0.3, -0.25) is 19.2 Å². The molecule has 0 unspecified atom stereocenters. The van der Waals surface area contributed by atoms with Crippen LogP contribution in [0.15, 0.2) is 152 Å². The molecular formula is C59H72N6O10. The monoisotopic (exact) mass is 1020 g/mol. The zero-order valence-corrected chi connectivity index (χ0v) is 44.0. The second-order valence-electron chi connectivity index (χ2n) is 20.1. The predicted molar refractivity (Wildman–Crippen MR) is 286 cm³/mol. The Morgan fingerprint density at radius 2 is 0.840 bits per heavy atom. The summed E-state index contributed by atoms with van der Waals surface area (Å²) in [4.78, 5) is 97.2. The number of ether oxygens (including phenoxy) is 3. The van der Waals surface area contributed by atoms with E-state index in [0.29, 0.717) is 18.4 Å². The zero-order valence-electron chi connectivity index (χ0n) is 44.0. The Bertz CT molecular complexity index is 2530. The lowest BCUT2D eigenvalue weighted by atomic mass is 9.77. The van der Waals surface area contributed by atoms with Gasteiger partial charge in [0.15, 0.2) is 0 Å². The van der Waals surface area contributed by atoms with Crippen molar-refractivity contribution in [2.24, 2.45) is 0 Å². The first-order valence-corrected chi connectivity index (χ1v) is 25.3. The Morgan fingerprint density at radius 1 is 0.453 bits per heavy atom. The molecule has 16 nitrogen and oxygen atoms in total. The number of unbranched alkanes of at least 4 members (excludes halogenated alkanes) is 1. The van der Waals surface area contributed by atoms with E-state index >= 15 is 0 Å². The number of carbonyl (C=O) groups excluding carboxylic acids is 7. The minimum absolute atomic E-state index is 0.0341. The average molecular weight is 1030 g/mol. The van der Waals surface area contributed by atoms with Crippen molar-refractivity contribution < 1.29 is 47.8 Å². The normalized spacial score (nSPS) is 13.1. The van der Waals surface area contributed by atoms with Crippen LogP contribution in [0, 0.1) is 0 Å². The number of carbonyl (C=O) groups is 7. The summed E-state index contributed by atoms with van der Waals surface area (Å²) in [6.45, 7) is 10.6. The molecule has 0 spiro atoms. The van der Waals surface area contributed by atoms with E-state index in [1.54, 1.807) is 96.1 Å². The van der Waals surface area contributed by atoms with E-state index < -0.39 is 82.7 Å². The fourth-order valence-corrected chi connectivity index (χ4v) is 8.35. The molecule has 75 heavy (non-hydrogen) atoms. The lowest BCUT2D eigenvalue weighted by Crippen LogP contribution is -2.59. The van der Waals surface area contributed by atoms with Crippen molar-refractivity contribution in [2.45, 2.75) is 127 Å². The number of hydrogen-bond donors (Lipinski definition) is 6. The largest absolute Gasteiger partial charge is 0.467 e. The van der Waals surface area contributed by atoms with E-state index in [-0.39, 0.29) is 38.6 Å². The maximum absolute atomic E-state index is 14.8. The number of alkyl carbamates (subject to hydrolysis) is 2. The summed E-state index contributed by atoms with van der Waals surface area (Å²) in [5.41, 5.74) is 0.948. The van der Waals surface area contributed by atoms with Gasteiger partial charge in [-0.2, -0.15) is 0 Å². The lowest BCUT2D eigenvalue weighted by Gasteiger charge is -2.37. The Hall–Kier alpha value is -8.01. The van der Waals surface area contributed by atoms with Gasteiger partial charge in [-0.25, -0.2) is 14.4 Å². The molecule has 0 aliphatic heterocycles. The Balaban J connectivity index is 1.46. The van der Waals surface area contributed by atoms with Crippen LogP contribution in [0.25, 0.3) is 0 Å². The summed E-state index contributed by atoms with van der Waals surface area (Å²) in [5, 5.41) is 17.0. The Morgan fingerprint density at radius 3 is 1.28 bits per heavy atom. The zero-order chi connectivity index (χ0) is 54.4. The topological polar surface area (TPSA) is 219 Å². The molecule has 0 saturated heterocycles. The van der Waals surface area contributed by atoms with Gasteiger partial charge in [0, 0.05) is 25.8 Å². The van der Waals surface area contributed by atoms with E-state index in [0.717, 1.165) is 22.3 Å². The van der Waals surface area contributed by atoms with Crippen molar-refractivity contribution in [1.82, 2.24) is 31.9 Å². The molecule has 5 aromatic carbocycles. The summed E-state index contributed by atoms with van der Waals surface area (Å²) in [6.07, 6.45) is -1.08. The van der Waals surface area contributed by atoms with Crippen LogP contribution >= 0.6 is 0 Å². The fraction of sp³-hybridized carbons (Fsp3) is 0.373. The van der Waals surface area contributed by atoms with Crippen LogP contribution < -0.4 is 31.9 Å². The number of hydrogen-bond acceptors (Lipinski definition) is 10. The lowest BCUT2D eigenvalue weighted by molar-refractivity contribution is -0.145. The van der Waals surface area contributed by atoms with Crippen LogP contribution in [0.1, 0.15) is 101 Å². The second kappa shape index (κ2) is 27.9. The molecule has 4 atom stereocenters. The first-order chi connectivity index (χ1) is 35.8. The van der Waals surface area contributed by atoms with Crippen LogP contribution in [0.5, 0.6) is 0 Å². The number of benzene rings is 5. The van der Waals surface area contributed by atoms with Gasteiger partial charge in [0.1, 0.15) is 40.9 Å². The van der Waals surface area contributed by atoms with Gasteiger partial charge in [0.25, 0.3) is 0 Å². The first-order valence-electron chi connectivity index (χ1n) is 25.3. The first kappa shape index (κ1) is 57.9. The van der Waals surface area contributed by atoms with Crippen molar-refractivity contribution in [3.8, 4) is 0 Å². The molecule has 0 saturated carbocycles. The van der Waals surface area contributed by atoms with Gasteiger partial charge < -0.3 is 46.1 Å². The molecule has 0 aliphatic carbocycles. The van der Waals surface area contributed by atoms with E-state index in [1.807, 2.05) is 97.1 Å². The van der Waals surface area contributed by atoms with Crippen molar-refractivity contribution in [2.75, 3.05) is 13.7 Å². The molecule has 5 aromatic rings. The Labute approximate surface area is 440 Å². The fourth-order valence-electron chi connectivity index (χ4n) is 8.35. The third-order valence-corrected chi connectivity index (χ3v) is 11.8. The van der Waals surface area contributed by atoms with Crippen molar-refractivity contribution in [1.29, 1.82) is 0 Å². The molecule has 6 N–H and O–H groups in total. The molecule has 398 valence electrons. The predicted octanol–water partition coefficient (Wildman–Crippen LogP) is 7.58. The minimum Gasteiger partial charge on any atom is -0.467 e. The van der Waals surface area contributed by atoms with Gasteiger partial charge in [-0.05, 0) is 95.0 Å². The minimum atomic E-state index is -1.45. The van der Waals surface area contributed by atoms with Crippen LogP contribution in [0.3, 0.4) is 0 Å². The summed E-state index contributed by atoms with van der Waals surface area (Å²) in [6, 6.07) is 41.3. The van der Waals surface area contributed by atoms with Gasteiger partial charge in [-0.15, -0.1) is 0 Å². The van der Waals surface area contributed by atoms with Gasteiger partial charge in [0.2, 0.25) is 23.6 Å². The molecule has 0 aromatic heterocycles. The van der Waals surface area contributed by atoms with E-state index in [9.17, 15) is 33.6 Å². The molecule has 5 rings (SSSR count). The Kier molecular flexibility index (Phi) is 21.5. The third kappa shape index (κ3) is 18.8. The third-order valence-electron chi connectivity index (χ3n) is 11.8. The van der Waals surface area contributed by atoms with Crippen LogP contribution in [0.4, 0.5) is 9.59 Å². The van der Waals surface area contributed by atoms with Crippen LogP contribution in [-0.4, -0.2) is 90.8 Å². The summed E-state index contributed by atoms with van der Waals surface area (Å²) >= 11 is 0. The summed E-state index contributed by atoms with van der Waals surface area (Å²) in [5.74, 6) is -3.49. The van der Waals surface area contributed by atoms with Crippen LogP contribution in [-0.2, 0) is 56.6 Å². The van der Waals surface area contributed by atoms with E-state index in [2.05, 4.69) is 31.9 Å². The highest BCUT2D eigenvalue weighted by Gasteiger charge is 2.39. The van der Waals surface area contributed by atoms with Crippen molar-refractivity contribution >= 4 is 41.8 Å². The molecule has 16 heteroatoms. The quantitative estimate of drug-likeness (QED) is 0.0154. The summed E-state index contributed by atoms with van der Waals surface area (Å²) < 4.78 is 15.9. The van der Waals surface area contributed by atoms with E-state index in [4.69, 9.17) is 14.2 Å². The molecule has 6 amide bonds. The number of rotatable bonds is 24. The number of amides is 6. The SMILES string of the molecule is COC(=O)[C@@H](CCCCNC(=O)OC(C)(C)C)NC(=O)[C@@H](CCC(=O)NC(c1ccccc1)(c1ccccc1)c1ccccc1)NC(=O)[C@@H](Cc1ccccc1)NC(=O)[C@@H](Cc1ccccc1)NC(=O)OC(C)(C)C. The van der Waals surface area contributed by atoms with Gasteiger partial charge in [0.05, 0.1) is 7.11 Å². The maximum atomic E-state index is 14.8. The highest BCUT2D eigenvalue weighted by molar-refractivity contribution is 5.95.